The highest BCUT2D eigenvalue weighted by molar-refractivity contribution is 5.78. The fourth-order valence-corrected chi connectivity index (χ4v) is 3.06. The second kappa shape index (κ2) is 6.63. The third-order valence-corrected chi connectivity index (χ3v) is 4.63. The molecule has 4 rings (SSSR count). The summed E-state index contributed by atoms with van der Waals surface area (Å²) >= 11 is 0. The topological polar surface area (TPSA) is 63.6 Å². The highest BCUT2D eigenvalue weighted by Gasteiger charge is 2.30. The van der Waals surface area contributed by atoms with Crippen LogP contribution in [0.2, 0.25) is 0 Å². The predicted octanol–water partition coefficient (Wildman–Crippen LogP) is 4.16. The largest absolute Gasteiger partial charge is 0.416 e. The smallest absolute Gasteiger partial charge is 0.290 e. The van der Waals surface area contributed by atoms with Gasteiger partial charge in [-0.1, -0.05) is 12.1 Å². The second-order valence-corrected chi connectivity index (χ2v) is 6.49. The zero-order valence-corrected chi connectivity index (χ0v) is 14.8. The molecular formula is C20H15F3N4O. The summed E-state index contributed by atoms with van der Waals surface area (Å²) < 4.78 is 40.5. The lowest BCUT2D eigenvalue weighted by Gasteiger charge is -2.10. The van der Waals surface area contributed by atoms with Crippen LogP contribution in [0.3, 0.4) is 0 Å². The summed E-state index contributed by atoms with van der Waals surface area (Å²) in [7, 11) is 0. The number of imidazole rings is 1. The number of benzene rings is 1. The average Bonchev–Trinajstić information content (AvgIpc) is 2.97. The van der Waals surface area contributed by atoms with E-state index < -0.39 is 11.7 Å². The number of hydrogen-bond acceptors (Lipinski definition) is 3. The average molecular weight is 384 g/mol. The lowest BCUT2D eigenvalue weighted by atomic mass is 10.0. The van der Waals surface area contributed by atoms with Crippen LogP contribution in [-0.4, -0.2) is 19.5 Å². The van der Waals surface area contributed by atoms with Crippen molar-refractivity contribution in [2.75, 3.05) is 0 Å². The van der Waals surface area contributed by atoms with Gasteiger partial charge >= 0.3 is 11.9 Å². The molecule has 1 N–H and O–H groups in total. The van der Waals surface area contributed by atoms with E-state index in [0.29, 0.717) is 22.3 Å². The number of rotatable bonds is 3. The van der Waals surface area contributed by atoms with Gasteiger partial charge in [0.2, 0.25) is 0 Å². The fourth-order valence-electron chi connectivity index (χ4n) is 3.06. The molecule has 3 aromatic heterocycles. The highest BCUT2D eigenvalue weighted by Crippen LogP contribution is 2.32. The van der Waals surface area contributed by atoms with E-state index in [4.69, 9.17) is 0 Å². The van der Waals surface area contributed by atoms with Gasteiger partial charge in [-0.2, -0.15) is 13.2 Å². The van der Waals surface area contributed by atoms with Crippen molar-refractivity contribution < 1.29 is 13.2 Å². The van der Waals surface area contributed by atoms with E-state index in [1.807, 2.05) is 13.0 Å². The van der Waals surface area contributed by atoms with Gasteiger partial charge in [-0.25, -0.2) is 9.78 Å². The molecule has 0 spiro atoms. The van der Waals surface area contributed by atoms with Gasteiger partial charge in [-0.3, -0.25) is 14.5 Å². The van der Waals surface area contributed by atoms with E-state index in [1.165, 1.54) is 16.8 Å². The van der Waals surface area contributed by atoms with Gasteiger partial charge in [0.05, 0.1) is 17.6 Å². The number of alkyl halides is 3. The van der Waals surface area contributed by atoms with E-state index in [9.17, 15) is 18.0 Å². The summed E-state index contributed by atoms with van der Waals surface area (Å²) in [4.78, 5) is 23.4. The van der Waals surface area contributed by atoms with E-state index in [-0.39, 0.29) is 12.2 Å². The van der Waals surface area contributed by atoms with Gasteiger partial charge in [-0.15, -0.1) is 0 Å². The molecule has 5 nitrogen and oxygen atoms in total. The quantitative estimate of drug-likeness (QED) is 0.577. The molecule has 0 saturated heterocycles. The molecule has 0 bridgehead atoms. The number of fused-ring (bicyclic) bond motifs is 1. The monoisotopic (exact) mass is 384 g/mol. The van der Waals surface area contributed by atoms with Crippen LogP contribution in [0, 0.1) is 6.92 Å². The third kappa shape index (κ3) is 3.28. The Hall–Kier alpha value is -3.42. The van der Waals surface area contributed by atoms with Crippen LogP contribution in [0.1, 0.15) is 16.7 Å². The van der Waals surface area contributed by atoms with Crippen LogP contribution in [0.25, 0.3) is 22.3 Å². The van der Waals surface area contributed by atoms with Crippen LogP contribution >= 0.6 is 0 Å². The standard InChI is InChI=1S/C20H15F3N4O/c1-12-5-6-24-9-15(12)11-27-17-8-14(10-25-18(17)26-19(27)28)13-3-2-4-16(7-13)20(21,22)23/h2-10H,11H2,1H3,(H,25,26,28). The first kappa shape index (κ1) is 18.0. The molecule has 0 aliphatic heterocycles. The predicted molar refractivity (Wildman–Crippen MR) is 98.9 cm³/mol. The van der Waals surface area contributed by atoms with Gasteiger partial charge in [0.1, 0.15) is 0 Å². The van der Waals surface area contributed by atoms with E-state index in [0.717, 1.165) is 23.3 Å². The lowest BCUT2D eigenvalue weighted by Crippen LogP contribution is -2.17. The number of pyridine rings is 2. The van der Waals surface area contributed by atoms with Gasteiger partial charge in [0.15, 0.2) is 5.65 Å². The van der Waals surface area contributed by atoms with Crippen molar-refractivity contribution in [3.05, 3.63) is 82.2 Å². The SMILES string of the molecule is Cc1ccncc1Cn1c(=O)[nH]c2ncc(-c3cccc(C(F)(F)F)c3)cc21. The number of hydrogen-bond donors (Lipinski definition) is 1. The summed E-state index contributed by atoms with van der Waals surface area (Å²) in [5, 5.41) is 0. The van der Waals surface area contributed by atoms with Crippen LogP contribution in [-0.2, 0) is 12.7 Å². The van der Waals surface area contributed by atoms with Crippen molar-refractivity contribution >= 4 is 11.2 Å². The number of H-pyrrole nitrogens is 1. The first-order valence-electron chi connectivity index (χ1n) is 8.48. The number of nitrogens with one attached hydrogen (secondary N) is 1. The van der Waals surface area contributed by atoms with E-state index in [1.54, 1.807) is 24.5 Å². The number of aryl methyl sites for hydroxylation is 1. The lowest BCUT2D eigenvalue weighted by molar-refractivity contribution is -0.137. The molecule has 0 aliphatic rings. The number of aromatic amines is 1. The second-order valence-electron chi connectivity index (χ2n) is 6.49. The van der Waals surface area contributed by atoms with E-state index in [2.05, 4.69) is 15.0 Å². The molecule has 28 heavy (non-hydrogen) atoms. The maximum atomic E-state index is 13.0. The molecule has 0 fully saturated rings. The van der Waals surface area contributed by atoms with Crippen LogP contribution in [0.4, 0.5) is 13.2 Å². The third-order valence-electron chi connectivity index (χ3n) is 4.63. The molecule has 8 heteroatoms. The number of nitrogens with zero attached hydrogens (tertiary/aromatic N) is 3. The fraction of sp³-hybridized carbons (Fsp3) is 0.150. The van der Waals surface area contributed by atoms with Gasteiger partial charge in [-0.05, 0) is 47.9 Å². The Bertz CT molecular complexity index is 1220. The van der Waals surface area contributed by atoms with Crippen LogP contribution in [0.15, 0.2) is 59.8 Å². The maximum Gasteiger partial charge on any atom is 0.416 e. The first-order chi connectivity index (χ1) is 13.3. The molecule has 0 saturated carbocycles. The molecule has 0 unspecified atom stereocenters. The summed E-state index contributed by atoms with van der Waals surface area (Å²) in [6.45, 7) is 2.20. The van der Waals surface area contributed by atoms with Gasteiger partial charge in [0.25, 0.3) is 0 Å². The van der Waals surface area contributed by atoms with Crippen molar-refractivity contribution in [3.8, 4) is 11.1 Å². The van der Waals surface area contributed by atoms with Crippen molar-refractivity contribution in [1.29, 1.82) is 0 Å². The van der Waals surface area contributed by atoms with Crippen LogP contribution in [0.5, 0.6) is 0 Å². The molecule has 0 radical (unpaired) electrons. The molecule has 4 aromatic rings. The van der Waals surface area contributed by atoms with Crippen molar-refractivity contribution in [3.63, 3.8) is 0 Å². The Kier molecular flexibility index (Phi) is 4.26. The zero-order chi connectivity index (χ0) is 19.9. The molecular weight excluding hydrogens is 369 g/mol. The van der Waals surface area contributed by atoms with Crippen molar-refractivity contribution in [2.45, 2.75) is 19.6 Å². The molecule has 0 aliphatic carbocycles. The molecule has 0 amide bonds. The number of aromatic nitrogens is 4. The Morgan fingerprint density at radius 1 is 1.11 bits per heavy atom. The summed E-state index contributed by atoms with van der Waals surface area (Å²) in [5.74, 6) is 0. The molecule has 1 aromatic carbocycles. The van der Waals surface area contributed by atoms with Crippen molar-refractivity contribution in [1.82, 2.24) is 19.5 Å². The van der Waals surface area contributed by atoms with Gasteiger partial charge in [0, 0.05) is 24.2 Å². The summed E-state index contributed by atoms with van der Waals surface area (Å²) in [5.41, 5.74) is 2.55. The van der Waals surface area contributed by atoms with E-state index >= 15 is 0 Å². The number of halogens is 3. The molecule has 3 heterocycles. The minimum absolute atomic E-state index is 0.284. The van der Waals surface area contributed by atoms with Crippen LogP contribution < -0.4 is 5.69 Å². The summed E-state index contributed by atoms with van der Waals surface area (Å²) in [6, 6.07) is 8.54. The highest BCUT2D eigenvalue weighted by atomic mass is 19.4. The Labute approximate surface area is 157 Å². The summed E-state index contributed by atoms with van der Waals surface area (Å²) in [6.07, 6.45) is 0.379. The Balaban J connectivity index is 1.81. The first-order valence-corrected chi connectivity index (χ1v) is 8.48. The molecule has 0 atom stereocenters. The Morgan fingerprint density at radius 3 is 2.68 bits per heavy atom. The van der Waals surface area contributed by atoms with Crippen molar-refractivity contribution in [2.24, 2.45) is 0 Å². The van der Waals surface area contributed by atoms with Gasteiger partial charge < -0.3 is 0 Å². The minimum atomic E-state index is -4.43. The minimum Gasteiger partial charge on any atom is -0.290 e. The zero-order valence-electron chi connectivity index (χ0n) is 14.8. The molecule has 142 valence electrons. The Morgan fingerprint density at radius 2 is 1.93 bits per heavy atom. The normalized spacial score (nSPS) is 11.9. The maximum absolute atomic E-state index is 13.0.